The molecule has 1 heterocycles. The van der Waals surface area contributed by atoms with Crippen LogP contribution in [-0.2, 0) is 0 Å². The molecule has 23 heavy (non-hydrogen) atoms. The van der Waals surface area contributed by atoms with Crippen molar-refractivity contribution in [2.75, 3.05) is 0 Å². The van der Waals surface area contributed by atoms with Crippen molar-refractivity contribution in [2.24, 2.45) is 0 Å². The van der Waals surface area contributed by atoms with Gasteiger partial charge in [0, 0.05) is 11.3 Å². The fourth-order valence-corrected chi connectivity index (χ4v) is 2.87. The number of nitrogens with zero attached hydrogens (tertiary/aromatic N) is 2. The number of aryl methyl sites for hydroxylation is 1. The topological polar surface area (TPSA) is 38.0 Å². The maximum Gasteiger partial charge on any atom is 0.145 e. The Morgan fingerprint density at radius 3 is 2.43 bits per heavy atom. The van der Waals surface area contributed by atoms with Crippen LogP contribution in [0.2, 0.25) is 0 Å². The molecule has 0 spiro atoms. The molecule has 0 saturated carbocycles. The monoisotopic (exact) mass is 300 g/mol. The summed E-state index contributed by atoms with van der Waals surface area (Å²) in [6.07, 6.45) is 0. The average Bonchev–Trinajstić information content (AvgIpc) is 2.95. The van der Waals surface area contributed by atoms with E-state index in [-0.39, 0.29) is 5.75 Å². The Morgan fingerprint density at radius 2 is 1.65 bits per heavy atom. The molecular formula is C20H16N2O. The number of para-hydroxylation sites is 2. The number of benzene rings is 3. The minimum atomic E-state index is 0.260. The Kier molecular flexibility index (Phi) is 3.12. The zero-order chi connectivity index (χ0) is 15.8. The van der Waals surface area contributed by atoms with E-state index in [2.05, 4.69) is 35.8 Å². The zero-order valence-electron chi connectivity index (χ0n) is 12.8. The lowest BCUT2D eigenvalue weighted by Gasteiger charge is -2.10. The van der Waals surface area contributed by atoms with Gasteiger partial charge in [0.15, 0.2) is 0 Å². The highest BCUT2D eigenvalue weighted by Gasteiger charge is 2.14. The van der Waals surface area contributed by atoms with E-state index < -0.39 is 0 Å². The van der Waals surface area contributed by atoms with Crippen LogP contribution in [0.5, 0.6) is 5.75 Å². The third kappa shape index (κ3) is 2.36. The van der Waals surface area contributed by atoms with E-state index in [0.717, 1.165) is 28.1 Å². The van der Waals surface area contributed by atoms with Crippen molar-refractivity contribution in [3.8, 4) is 22.8 Å². The highest BCUT2D eigenvalue weighted by atomic mass is 16.3. The maximum absolute atomic E-state index is 9.57. The highest BCUT2D eigenvalue weighted by molar-refractivity contribution is 5.83. The van der Waals surface area contributed by atoms with Crippen molar-refractivity contribution >= 4 is 11.0 Å². The van der Waals surface area contributed by atoms with Crippen LogP contribution in [0.3, 0.4) is 0 Å². The summed E-state index contributed by atoms with van der Waals surface area (Å²) in [5.41, 5.74) is 5.26. The van der Waals surface area contributed by atoms with E-state index in [9.17, 15) is 5.11 Å². The van der Waals surface area contributed by atoms with E-state index in [4.69, 9.17) is 4.98 Å². The van der Waals surface area contributed by atoms with Gasteiger partial charge in [-0.2, -0.15) is 0 Å². The molecule has 0 amide bonds. The summed E-state index contributed by atoms with van der Waals surface area (Å²) < 4.78 is 2.13. The normalized spacial score (nSPS) is 11.0. The summed E-state index contributed by atoms with van der Waals surface area (Å²) >= 11 is 0. The fraction of sp³-hybridized carbons (Fsp3) is 0.0500. The maximum atomic E-state index is 9.57. The average molecular weight is 300 g/mol. The lowest BCUT2D eigenvalue weighted by Crippen LogP contribution is -1.97. The molecule has 0 fully saturated rings. The number of rotatable bonds is 2. The van der Waals surface area contributed by atoms with Gasteiger partial charge in [-0.25, -0.2) is 4.98 Å². The lowest BCUT2D eigenvalue weighted by molar-refractivity contribution is 0.475. The largest absolute Gasteiger partial charge is 0.508 e. The summed E-state index contributed by atoms with van der Waals surface area (Å²) in [6, 6.07) is 23.6. The number of fused-ring (bicyclic) bond motifs is 1. The summed E-state index contributed by atoms with van der Waals surface area (Å²) in [5.74, 6) is 1.16. The predicted octanol–water partition coefficient (Wildman–Crippen LogP) is 4.71. The van der Waals surface area contributed by atoms with Crippen molar-refractivity contribution in [1.82, 2.24) is 9.55 Å². The molecule has 0 atom stereocenters. The van der Waals surface area contributed by atoms with Gasteiger partial charge in [0.25, 0.3) is 0 Å². The second-order valence-electron chi connectivity index (χ2n) is 5.65. The van der Waals surface area contributed by atoms with Gasteiger partial charge in [0.1, 0.15) is 11.6 Å². The van der Waals surface area contributed by atoms with Crippen LogP contribution < -0.4 is 0 Å². The van der Waals surface area contributed by atoms with E-state index in [0.29, 0.717) is 0 Å². The molecule has 112 valence electrons. The molecule has 0 radical (unpaired) electrons. The van der Waals surface area contributed by atoms with E-state index in [1.54, 1.807) is 12.1 Å². The Balaban J connectivity index is 2.04. The van der Waals surface area contributed by atoms with Crippen molar-refractivity contribution in [3.63, 3.8) is 0 Å². The van der Waals surface area contributed by atoms with Crippen LogP contribution in [0.1, 0.15) is 5.56 Å². The van der Waals surface area contributed by atoms with E-state index >= 15 is 0 Å². The van der Waals surface area contributed by atoms with Crippen LogP contribution >= 0.6 is 0 Å². The molecular weight excluding hydrogens is 284 g/mol. The zero-order valence-corrected chi connectivity index (χ0v) is 12.8. The first-order valence-corrected chi connectivity index (χ1v) is 7.56. The van der Waals surface area contributed by atoms with Gasteiger partial charge in [-0.3, -0.25) is 4.57 Å². The summed E-state index contributed by atoms with van der Waals surface area (Å²) in [4.78, 5) is 4.82. The minimum Gasteiger partial charge on any atom is -0.508 e. The van der Waals surface area contributed by atoms with E-state index in [1.807, 2.05) is 36.4 Å². The van der Waals surface area contributed by atoms with Gasteiger partial charge in [-0.15, -0.1) is 0 Å². The van der Waals surface area contributed by atoms with Crippen molar-refractivity contribution in [2.45, 2.75) is 6.92 Å². The van der Waals surface area contributed by atoms with Crippen LogP contribution in [0.4, 0.5) is 0 Å². The quantitative estimate of drug-likeness (QED) is 0.582. The molecule has 3 nitrogen and oxygen atoms in total. The minimum absolute atomic E-state index is 0.260. The number of phenols is 1. The number of imidazole rings is 1. The van der Waals surface area contributed by atoms with Crippen LogP contribution in [0, 0.1) is 6.92 Å². The molecule has 1 aromatic heterocycles. The SMILES string of the molecule is Cc1cccc(-c2nc3ccccc3n2-c2ccc(O)cc2)c1. The number of hydrogen-bond donors (Lipinski definition) is 1. The van der Waals surface area contributed by atoms with Gasteiger partial charge >= 0.3 is 0 Å². The smallest absolute Gasteiger partial charge is 0.145 e. The molecule has 0 aliphatic rings. The predicted molar refractivity (Wildman–Crippen MR) is 92.9 cm³/mol. The van der Waals surface area contributed by atoms with Gasteiger partial charge < -0.3 is 5.11 Å². The van der Waals surface area contributed by atoms with Gasteiger partial charge in [0.2, 0.25) is 0 Å². The molecule has 0 aliphatic carbocycles. The number of hydrogen-bond acceptors (Lipinski definition) is 2. The van der Waals surface area contributed by atoms with Gasteiger partial charge in [0.05, 0.1) is 11.0 Å². The third-order valence-electron chi connectivity index (χ3n) is 3.94. The molecule has 3 heteroatoms. The number of phenolic OH excluding ortho intramolecular Hbond substituents is 1. The molecule has 3 aromatic carbocycles. The van der Waals surface area contributed by atoms with Crippen molar-refractivity contribution in [3.05, 3.63) is 78.4 Å². The second kappa shape index (κ2) is 5.29. The molecule has 4 rings (SSSR count). The van der Waals surface area contributed by atoms with Crippen molar-refractivity contribution < 1.29 is 5.11 Å². The molecule has 0 saturated heterocycles. The lowest BCUT2D eigenvalue weighted by atomic mass is 10.1. The second-order valence-corrected chi connectivity index (χ2v) is 5.65. The third-order valence-corrected chi connectivity index (χ3v) is 3.94. The highest BCUT2D eigenvalue weighted by Crippen LogP contribution is 2.29. The Hall–Kier alpha value is -3.07. The molecule has 1 N–H and O–H groups in total. The summed E-state index contributed by atoms with van der Waals surface area (Å²) in [7, 11) is 0. The van der Waals surface area contributed by atoms with Crippen LogP contribution in [0.25, 0.3) is 28.1 Å². The number of aromatic hydroxyl groups is 1. The molecule has 0 bridgehead atoms. The summed E-state index contributed by atoms with van der Waals surface area (Å²) in [5, 5.41) is 9.57. The first kappa shape index (κ1) is 13.6. The van der Waals surface area contributed by atoms with Gasteiger partial charge in [-0.1, -0.05) is 35.9 Å². The Morgan fingerprint density at radius 1 is 0.870 bits per heavy atom. The van der Waals surface area contributed by atoms with Gasteiger partial charge in [-0.05, 0) is 49.4 Å². The standard InChI is InChI=1S/C20H16N2O/c1-14-5-4-6-15(13-14)20-21-18-7-2-3-8-19(18)22(20)16-9-11-17(23)12-10-16/h2-13,23H,1H3. The molecule has 4 aromatic rings. The fourth-order valence-electron chi connectivity index (χ4n) is 2.87. The first-order chi connectivity index (χ1) is 11.2. The van der Waals surface area contributed by atoms with Crippen LogP contribution in [0.15, 0.2) is 72.8 Å². The Labute approximate surface area is 134 Å². The molecule has 0 unspecified atom stereocenters. The van der Waals surface area contributed by atoms with Crippen LogP contribution in [-0.4, -0.2) is 14.7 Å². The Bertz CT molecular complexity index is 984. The van der Waals surface area contributed by atoms with Crippen molar-refractivity contribution in [1.29, 1.82) is 0 Å². The summed E-state index contributed by atoms with van der Waals surface area (Å²) in [6.45, 7) is 2.08. The number of aromatic nitrogens is 2. The van der Waals surface area contributed by atoms with E-state index in [1.165, 1.54) is 5.56 Å². The molecule has 0 aliphatic heterocycles. The first-order valence-electron chi connectivity index (χ1n) is 7.56.